The van der Waals surface area contributed by atoms with Gasteiger partial charge in [0.1, 0.15) is 11.4 Å². The predicted molar refractivity (Wildman–Crippen MR) is 133 cm³/mol. The van der Waals surface area contributed by atoms with Crippen molar-refractivity contribution in [3.05, 3.63) is 96.8 Å². The second kappa shape index (κ2) is 9.74. The Morgan fingerprint density at radius 1 is 0.771 bits per heavy atom. The quantitative estimate of drug-likeness (QED) is 0.334. The maximum atomic E-state index is 11.4. The van der Waals surface area contributed by atoms with Gasteiger partial charge >= 0.3 is 0 Å². The van der Waals surface area contributed by atoms with Crippen LogP contribution in [0.15, 0.2) is 101 Å². The van der Waals surface area contributed by atoms with E-state index in [1.54, 1.807) is 23.0 Å². The van der Waals surface area contributed by atoms with Crippen LogP contribution in [0.4, 0.5) is 0 Å². The van der Waals surface area contributed by atoms with Gasteiger partial charge in [0.2, 0.25) is 15.2 Å². The molecule has 0 bridgehead atoms. The Morgan fingerprint density at radius 3 is 2.03 bits per heavy atom. The molecule has 0 aliphatic heterocycles. The highest BCUT2D eigenvalue weighted by molar-refractivity contribution is 7.98. The Bertz CT molecular complexity index is 1560. The number of nitrogens with zero attached hydrogens (tertiary/aromatic N) is 6. The molecule has 0 aliphatic rings. The van der Waals surface area contributed by atoms with Crippen molar-refractivity contribution < 1.29 is 8.42 Å². The van der Waals surface area contributed by atoms with Crippen LogP contribution in [0.25, 0.3) is 28.2 Å². The van der Waals surface area contributed by atoms with E-state index < -0.39 is 10.0 Å². The van der Waals surface area contributed by atoms with Crippen molar-refractivity contribution in [2.75, 3.05) is 0 Å². The van der Waals surface area contributed by atoms with E-state index in [0.717, 1.165) is 22.5 Å². The van der Waals surface area contributed by atoms with Crippen LogP contribution in [0.5, 0.6) is 0 Å². The molecule has 2 N–H and O–H groups in total. The molecule has 3 aromatic carbocycles. The molecule has 0 unspecified atom stereocenters. The van der Waals surface area contributed by atoms with Crippen molar-refractivity contribution in [2.24, 2.45) is 5.14 Å². The summed E-state index contributed by atoms with van der Waals surface area (Å²) in [6.45, 7) is 0. The van der Waals surface area contributed by atoms with Crippen molar-refractivity contribution in [1.29, 1.82) is 0 Å². The first-order chi connectivity index (χ1) is 17.0. The largest absolute Gasteiger partial charge is 0.238 e. The fraction of sp³-hybridized carbons (Fsp3) is 0.0417. The molecule has 0 aliphatic carbocycles. The van der Waals surface area contributed by atoms with Gasteiger partial charge in [0.15, 0.2) is 0 Å². The highest BCUT2D eigenvalue weighted by atomic mass is 32.2. The van der Waals surface area contributed by atoms with Crippen LogP contribution in [-0.4, -0.2) is 38.6 Å². The van der Waals surface area contributed by atoms with Crippen LogP contribution < -0.4 is 5.14 Å². The van der Waals surface area contributed by atoms with E-state index in [2.05, 4.69) is 20.5 Å². The standard InChI is InChI=1S/C24H19N7O2S2/c25-35(32,33)21-13-11-20(12-14-21)31-15-19(27-30-31)16-34-24-26-22(17-7-3-1-4-8-17)23(28-29-24)18-9-5-2-6-10-18/h1-15H,16H2,(H2,25,32,33). The molecule has 0 atom stereocenters. The van der Waals surface area contributed by atoms with Crippen LogP contribution in [0.3, 0.4) is 0 Å². The molecule has 0 spiro atoms. The Labute approximate surface area is 206 Å². The SMILES string of the molecule is NS(=O)(=O)c1ccc(-n2cc(CSc3nnc(-c4ccccc4)c(-c4ccccc4)n3)nn2)cc1. The minimum atomic E-state index is -3.75. The van der Waals surface area contributed by atoms with E-state index in [9.17, 15) is 8.42 Å². The topological polar surface area (TPSA) is 130 Å². The molecule has 0 saturated heterocycles. The normalized spacial score (nSPS) is 11.5. The summed E-state index contributed by atoms with van der Waals surface area (Å²) >= 11 is 1.40. The number of aromatic nitrogens is 6. The summed E-state index contributed by atoms with van der Waals surface area (Å²) in [6.07, 6.45) is 1.77. The Hall–Kier alpha value is -3.93. The van der Waals surface area contributed by atoms with Gasteiger partial charge in [-0.3, -0.25) is 0 Å². The molecule has 2 aromatic heterocycles. The molecule has 11 heteroatoms. The van der Waals surface area contributed by atoms with Crippen LogP contribution in [0.2, 0.25) is 0 Å². The van der Waals surface area contributed by atoms with E-state index in [0.29, 0.717) is 22.3 Å². The zero-order valence-electron chi connectivity index (χ0n) is 18.3. The smallest absolute Gasteiger partial charge is 0.225 e. The lowest BCUT2D eigenvalue weighted by atomic mass is 10.0. The van der Waals surface area contributed by atoms with Gasteiger partial charge in [0.25, 0.3) is 0 Å². The molecule has 0 amide bonds. The van der Waals surface area contributed by atoms with E-state index in [1.165, 1.54) is 23.9 Å². The fourth-order valence-corrected chi connectivity index (χ4v) is 4.56. The molecule has 0 fully saturated rings. The van der Waals surface area contributed by atoms with E-state index >= 15 is 0 Å². The second-order valence-corrected chi connectivity index (χ2v) is 10.0. The number of nitrogens with two attached hydrogens (primary N) is 1. The van der Waals surface area contributed by atoms with Gasteiger partial charge in [-0.1, -0.05) is 77.6 Å². The molecule has 2 heterocycles. The molecule has 9 nitrogen and oxygen atoms in total. The molecular weight excluding hydrogens is 482 g/mol. The molecule has 5 rings (SSSR count). The lowest BCUT2D eigenvalue weighted by Gasteiger charge is -2.09. The Morgan fingerprint density at radius 2 is 1.40 bits per heavy atom. The highest BCUT2D eigenvalue weighted by Crippen LogP contribution is 2.30. The average molecular weight is 502 g/mol. The predicted octanol–water partition coefficient (Wildman–Crippen LogP) is 3.73. The summed E-state index contributed by atoms with van der Waals surface area (Å²) in [6, 6.07) is 25.8. The van der Waals surface area contributed by atoms with Crippen molar-refractivity contribution in [2.45, 2.75) is 15.8 Å². The van der Waals surface area contributed by atoms with Crippen LogP contribution in [0.1, 0.15) is 5.69 Å². The molecule has 35 heavy (non-hydrogen) atoms. The number of primary sulfonamides is 1. The number of sulfonamides is 1. The van der Waals surface area contributed by atoms with Gasteiger partial charge in [-0.05, 0) is 24.3 Å². The third-order valence-electron chi connectivity index (χ3n) is 5.08. The maximum absolute atomic E-state index is 11.4. The van der Waals surface area contributed by atoms with Crippen LogP contribution in [0, 0.1) is 0 Å². The lowest BCUT2D eigenvalue weighted by Crippen LogP contribution is -2.12. The molecular formula is C24H19N7O2S2. The first-order valence-electron chi connectivity index (χ1n) is 10.5. The van der Waals surface area contributed by atoms with Gasteiger partial charge in [-0.15, -0.1) is 15.3 Å². The summed E-state index contributed by atoms with van der Waals surface area (Å²) in [7, 11) is -3.75. The number of thioether (sulfide) groups is 1. The van der Waals surface area contributed by atoms with Crippen molar-refractivity contribution in [3.8, 4) is 28.2 Å². The Balaban J connectivity index is 1.36. The lowest BCUT2D eigenvalue weighted by molar-refractivity contribution is 0.598. The summed E-state index contributed by atoms with van der Waals surface area (Å²) in [4.78, 5) is 4.83. The van der Waals surface area contributed by atoms with Crippen molar-refractivity contribution in [1.82, 2.24) is 30.2 Å². The van der Waals surface area contributed by atoms with Crippen LogP contribution in [-0.2, 0) is 15.8 Å². The molecule has 174 valence electrons. The van der Waals surface area contributed by atoms with Crippen LogP contribution >= 0.6 is 11.8 Å². The first kappa shape index (κ1) is 22.8. The van der Waals surface area contributed by atoms with Gasteiger partial charge in [-0.2, -0.15) is 0 Å². The number of hydrogen-bond donors (Lipinski definition) is 1. The van der Waals surface area contributed by atoms with E-state index in [-0.39, 0.29) is 4.90 Å². The van der Waals surface area contributed by atoms with E-state index in [4.69, 9.17) is 10.1 Å². The number of benzene rings is 3. The average Bonchev–Trinajstić information content (AvgIpc) is 3.37. The summed E-state index contributed by atoms with van der Waals surface area (Å²) in [5.41, 5.74) is 4.75. The number of hydrogen-bond acceptors (Lipinski definition) is 8. The minimum absolute atomic E-state index is 0.0370. The molecule has 0 saturated carbocycles. The zero-order chi connectivity index (χ0) is 24.3. The Kier molecular flexibility index (Phi) is 6.36. The summed E-state index contributed by atoms with van der Waals surface area (Å²) < 4.78 is 24.5. The monoisotopic (exact) mass is 501 g/mol. The highest BCUT2D eigenvalue weighted by Gasteiger charge is 2.14. The third kappa shape index (κ3) is 5.27. The number of rotatable bonds is 7. The van der Waals surface area contributed by atoms with Crippen molar-refractivity contribution >= 4 is 21.8 Å². The summed E-state index contributed by atoms with van der Waals surface area (Å²) in [5, 5.41) is 22.8. The van der Waals surface area contributed by atoms with Gasteiger partial charge in [0.05, 0.1) is 22.5 Å². The minimum Gasteiger partial charge on any atom is -0.225 e. The maximum Gasteiger partial charge on any atom is 0.238 e. The summed E-state index contributed by atoms with van der Waals surface area (Å²) in [5.74, 6) is 0.482. The van der Waals surface area contributed by atoms with Gasteiger partial charge in [-0.25, -0.2) is 23.2 Å². The van der Waals surface area contributed by atoms with Gasteiger partial charge in [0, 0.05) is 16.9 Å². The fourth-order valence-electron chi connectivity index (χ4n) is 3.38. The van der Waals surface area contributed by atoms with Crippen molar-refractivity contribution in [3.63, 3.8) is 0 Å². The third-order valence-corrected chi connectivity index (χ3v) is 6.88. The van der Waals surface area contributed by atoms with E-state index in [1.807, 2.05) is 60.7 Å². The second-order valence-electron chi connectivity index (χ2n) is 7.51. The molecule has 5 aromatic rings. The van der Waals surface area contributed by atoms with Gasteiger partial charge < -0.3 is 0 Å². The molecule has 0 radical (unpaired) electrons. The zero-order valence-corrected chi connectivity index (χ0v) is 19.9. The first-order valence-corrected chi connectivity index (χ1v) is 13.0.